The first-order valence-electron chi connectivity index (χ1n) is 11.3. The lowest BCUT2D eigenvalue weighted by molar-refractivity contribution is -0.137. The molecule has 1 fully saturated rings. The van der Waals surface area contributed by atoms with Crippen molar-refractivity contribution in [2.24, 2.45) is 0 Å². The topological polar surface area (TPSA) is 41.4 Å². The van der Waals surface area contributed by atoms with E-state index in [2.05, 4.69) is 0 Å². The molecule has 178 valence electrons. The minimum absolute atomic E-state index is 0.160. The Morgan fingerprint density at radius 1 is 0.743 bits per heavy atom. The van der Waals surface area contributed by atoms with Gasteiger partial charge >= 0.3 is 6.18 Å². The molecule has 1 saturated heterocycles. The quantitative estimate of drug-likeness (QED) is 0.390. The number of alkyl halides is 3. The average Bonchev–Trinajstić information content (AvgIpc) is 3.35. The Bertz CT molecular complexity index is 1310. The minimum Gasteiger partial charge on any atom is -0.368 e. The highest BCUT2D eigenvalue weighted by atomic mass is 19.4. The Labute approximate surface area is 201 Å². The van der Waals surface area contributed by atoms with Crippen molar-refractivity contribution in [3.63, 3.8) is 0 Å². The summed E-state index contributed by atoms with van der Waals surface area (Å²) in [5.41, 5.74) is 2.66. The lowest BCUT2D eigenvalue weighted by atomic mass is 10.1. The molecule has 0 bridgehead atoms. The second-order valence-corrected chi connectivity index (χ2v) is 8.36. The molecule has 0 atom stereocenters. The maximum Gasteiger partial charge on any atom is 0.416 e. The Morgan fingerprint density at radius 2 is 1.37 bits per heavy atom. The molecule has 1 aromatic heterocycles. The van der Waals surface area contributed by atoms with Crippen molar-refractivity contribution >= 4 is 11.6 Å². The number of halogens is 3. The van der Waals surface area contributed by atoms with Crippen LogP contribution < -0.4 is 4.90 Å². The van der Waals surface area contributed by atoms with Crippen molar-refractivity contribution < 1.29 is 18.0 Å². The van der Waals surface area contributed by atoms with E-state index in [1.807, 2.05) is 65.6 Å². The van der Waals surface area contributed by atoms with Crippen LogP contribution in [0.3, 0.4) is 0 Å². The number of benzene rings is 3. The summed E-state index contributed by atoms with van der Waals surface area (Å²) in [7, 11) is 0. The molecule has 0 saturated carbocycles. The third-order valence-electron chi connectivity index (χ3n) is 6.10. The molecule has 5 rings (SSSR count). The van der Waals surface area contributed by atoms with Gasteiger partial charge in [-0.05, 0) is 36.4 Å². The largest absolute Gasteiger partial charge is 0.416 e. The van der Waals surface area contributed by atoms with Gasteiger partial charge in [-0.15, -0.1) is 0 Å². The monoisotopic (exact) mass is 476 g/mol. The van der Waals surface area contributed by atoms with Crippen LogP contribution in [0.5, 0.6) is 0 Å². The number of piperazine rings is 1. The Hall–Kier alpha value is -4.07. The van der Waals surface area contributed by atoms with E-state index in [1.54, 1.807) is 21.7 Å². The van der Waals surface area contributed by atoms with Crippen molar-refractivity contribution in [1.82, 2.24) is 14.7 Å². The van der Waals surface area contributed by atoms with Crippen LogP contribution in [0.15, 0.2) is 91.0 Å². The highest BCUT2D eigenvalue weighted by Crippen LogP contribution is 2.32. The van der Waals surface area contributed by atoms with E-state index in [1.165, 1.54) is 6.07 Å². The third-order valence-corrected chi connectivity index (χ3v) is 6.10. The second-order valence-electron chi connectivity index (χ2n) is 8.36. The molecule has 0 radical (unpaired) electrons. The van der Waals surface area contributed by atoms with Gasteiger partial charge in [0.1, 0.15) is 5.69 Å². The van der Waals surface area contributed by atoms with Gasteiger partial charge in [0.2, 0.25) is 0 Å². The van der Waals surface area contributed by atoms with Crippen LogP contribution in [0.25, 0.3) is 16.9 Å². The first-order chi connectivity index (χ1) is 16.9. The number of amides is 1. The van der Waals surface area contributed by atoms with Gasteiger partial charge < -0.3 is 9.80 Å². The lowest BCUT2D eigenvalue weighted by Gasteiger charge is -2.36. The number of hydrogen-bond donors (Lipinski definition) is 0. The number of anilines is 1. The molecule has 0 spiro atoms. The van der Waals surface area contributed by atoms with E-state index in [0.29, 0.717) is 43.3 Å². The molecule has 3 aromatic carbocycles. The van der Waals surface area contributed by atoms with E-state index < -0.39 is 11.7 Å². The van der Waals surface area contributed by atoms with Gasteiger partial charge in [0.15, 0.2) is 0 Å². The molecular weight excluding hydrogens is 453 g/mol. The van der Waals surface area contributed by atoms with Crippen molar-refractivity contribution in [2.75, 3.05) is 31.1 Å². The molecular formula is C27H23F3N4O. The molecule has 5 nitrogen and oxygen atoms in total. The minimum atomic E-state index is -4.39. The van der Waals surface area contributed by atoms with E-state index in [4.69, 9.17) is 5.10 Å². The van der Waals surface area contributed by atoms with E-state index in [-0.39, 0.29) is 5.91 Å². The summed E-state index contributed by atoms with van der Waals surface area (Å²) in [4.78, 5) is 17.2. The van der Waals surface area contributed by atoms with Gasteiger partial charge in [-0.1, -0.05) is 54.6 Å². The first kappa shape index (κ1) is 22.7. The molecule has 35 heavy (non-hydrogen) atoms. The molecule has 0 unspecified atom stereocenters. The van der Waals surface area contributed by atoms with Crippen molar-refractivity contribution in [2.45, 2.75) is 6.18 Å². The molecule has 8 heteroatoms. The summed E-state index contributed by atoms with van der Waals surface area (Å²) in [6.07, 6.45) is -4.39. The standard InChI is InChI=1S/C27H23F3N4O/c28-27(29,30)21-10-7-13-23(18-21)32-14-16-33(17-15-32)26(35)25-19-24(20-8-3-1-4-9-20)31-34(25)22-11-5-2-6-12-22/h1-13,18-19H,14-17H2. The fourth-order valence-corrected chi connectivity index (χ4v) is 4.26. The van der Waals surface area contributed by atoms with Gasteiger partial charge in [0.05, 0.1) is 16.9 Å². The summed E-state index contributed by atoms with van der Waals surface area (Å²) >= 11 is 0. The highest BCUT2D eigenvalue weighted by molar-refractivity contribution is 5.94. The molecule has 0 aliphatic carbocycles. The predicted octanol–water partition coefficient (Wildman–Crippen LogP) is 5.52. The number of hydrogen-bond acceptors (Lipinski definition) is 3. The summed E-state index contributed by atoms with van der Waals surface area (Å²) in [5, 5.41) is 4.71. The zero-order valence-electron chi connectivity index (χ0n) is 18.8. The fraction of sp³-hybridized carbons (Fsp3) is 0.185. The van der Waals surface area contributed by atoms with Gasteiger partial charge in [0.25, 0.3) is 5.91 Å². The molecule has 1 amide bonds. The SMILES string of the molecule is O=C(c1cc(-c2ccccc2)nn1-c1ccccc1)N1CCN(c2cccc(C(F)(F)F)c2)CC1. The average molecular weight is 477 g/mol. The van der Waals surface area contributed by atoms with Crippen LogP contribution in [0.1, 0.15) is 16.1 Å². The van der Waals surface area contributed by atoms with E-state index in [9.17, 15) is 18.0 Å². The lowest BCUT2D eigenvalue weighted by Crippen LogP contribution is -2.49. The Morgan fingerprint density at radius 3 is 2.03 bits per heavy atom. The third kappa shape index (κ3) is 4.77. The van der Waals surface area contributed by atoms with Crippen molar-refractivity contribution in [1.29, 1.82) is 0 Å². The molecule has 0 N–H and O–H groups in total. The van der Waals surface area contributed by atoms with Gasteiger partial charge in [0, 0.05) is 37.4 Å². The number of nitrogens with zero attached hydrogens (tertiary/aromatic N) is 4. The van der Waals surface area contributed by atoms with Crippen LogP contribution in [-0.2, 0) is 6.18 Å². The summed E-state index contributed by atoms with van der Waals surface area (Å²) in [6.45, 7) is 1.68. The number of para-hydroxylation sites is 1. The van der Waals surface area contributed by atoms with Gasteiger partial charge in [-0.2, -0.15) is 18.3 Å². The number of aromatic nitrogens is 2. The van der Waals surface area contributed by atoms with Crippen LogP contribution in [0, 0.1) is 0 Å². The van der Waals surface area contributed by atoms with E-state index in [0.717, 1.165) is 23.4 Å². The van der Waals surface area contributed by atoms with E-state index >= 15 is 0 Å². The smallest absolute Gasteiger partial charge is 0.368 e. The normalized spacial score (nSPS) is 14.3. The molecule has 1 aliphatic rings. The predicted molar refractivity (Wildman–Crippen MR) is 129 cm³/mol. The summed E-state index contributed by atoms with van der Waals surface area (Å²) in [6, 6.07) is 26.2. The van der Waals surface area contributed by atoms with Gasteiger partial charge in [-0.3, -0.25) is 4.79 Å². The number of carbonyl (C=O) groups excluding carboxylic acids is 1. The number of rotatable bonds is 4. The van der Waals surface area contributed by atoms with Crippen molar-refractivity contribution in [3.8, 4) is 16.9 Å². The molecule has 4 aromatic rings. The Kier molecular flexibility index (Phi) is 6.03. The maximum absolute atomic E-state index is 13.6. The maximum atomic E-state index is 13.6. The van der Waals surface area contributed by atoms with Crippen LogP contribution in [0.4, 0.5) is 18.9 Å². The molecule has 2 heterocycles. The second kappa shape index (κ2) is 9.29. The number of carbonyl (C=O) groups is 1. The fourth-order valence-electron chi connectivity index (χ4n) is 4.26. The van der Waals surface area contributed by atoms with Gasteiger partial charge in [-0.25, -0.2) is 4.68 Å². The van der Waals surface area contributed by atoms with Crippen LogP contribution >= 0.6 is 0 Å². The van der Waals surface area contributed by atoms with Crippen LogP contribution in [-0.4, -0.2) is 46.8 Å². The highest BCUT2D eigenvalue weighted by Gasteiger charge is 2.31. The Balaban J connectivity index is 1.38. The molecule has 1 aliphatic heterocycles. The summed E-state index contributed by atoms with van der Waals surface area (Å²) in [5.74, 6) is -0.160. The van der Waals surface area contributed by atoms with Crippen molar-refractivity contribution in [3.05, 3.63) is 102 Å². The zero-order valence-corrected chi connectivity index (χ0v) is 18.8. The summed E-state index contributed by atoms with van der Waals surface area (Å²) < 4.78 is 41.0. The first-order valence-corrected chi connectivity index (χ1v) is 11.3. The van der Waals surface area contributed by atoms with Crippen LogP contribution in [0.2, 0.25) is 0 Å². The zero-order chi connectivity index (χ0) is 24.4.